The smallest absolute Gasteiger partial charge is 0.327 e. The first-order valence-corrected chi connectivity index (χ1v) is 15.4. The molecule has 1 saturated heterocycles. The third-order valence-electron chi connectivity index (χ3n) is 6.15. The highest BCUT2D eigenvalue weighted by atomic mass is 32.2. The number of hydrogen-bond donors (Lipinski definition) is 1. The van der Waals surface area contributed by atoms with Gasteiger partial charge in [-0.1, -0.05) is 66.4 Å². The van der Waals surface area contributed by atoms with Crippen molar-refractivity contribution in [2.75, 3.05) is 12.9 Å². The summed E-state index contributed by atoms with van der Waals surface area (Å²) in [4.78, 5) is 17.2. The largest absolute Gasteiger partial charge is 0.497 e. The first kappa shape index (κ1) is 27.4. The molecule has 4 aromatic rings. The Kier molecular flexibility index (Phi) is 8.63. The summed E-state index contributed by atoms with van der Waals surface area (Å²) >= 11 is 2.92. The van der Waals surface area contributed by atoms with Gasteiger partial charge < -0.3 is 14.2 Å². The standard InChI is InChI=1S/C28H26N2O6S3/c1-34-22-11-7-20(8-12-22)21-9-13-23(14-10-21)39(32,33)30-25-26(35-17-19-5-3-2-4-6-19)24(36-27(25)31)18-38-28-29-15-16-37-28/h2-16,24-26,30H,17-18H2,1H3. The van der Waals surface area contributed by atoms with Gasteiger partial charge in [0.15, 0.2) is 0 Å². The zero-order valence-corrected chi connectivity index (χ0v) is 23.4. The van der Waals surface area contributed by atoms with Crippen molar-refractivity contribution in [1.29, 1.82) is 0 Å². The lowest BCUT2D eigenvalue weighted by atomic mass is 10.1. The fourth-order valence-electron chi connectivity index (χ4n) is 4.13. The molecule has 0 saturated carbocycles. The number of thioether (sulfide) groups is 1. The van der Waals surface area contributed by atoms with Crippen LogP contribution < -0.4 is 9.46 Å². The Labute approximate surface area is 235 Å². The number of carbonyl (C=O) groups excluding carboxylic acids is 1. The number of ether oxygens (including phenoxy) is 3. The van der Waals surface area contributed by atoms with Crippen LogP contribution in [-0.2, 0) is 30.9 Å². The molecule has 1 aromatic heterocycles. The van der Waals surface area contributed by atoms with Crippen LogP contribution in [-0.4, -0.2) is 50.5 Å². The molecule has 11 heteroatoms. The number of sulfonamides is 1. The van der Waals surface area contributed by atoms with E-state index in [1.165, 1.54) is 35.2 Å². The number of thiazole rings is 1. The topological polar surface area (TPSA) is 104 Å². The van der Waals surface area contributed by atoms with E-state index in [0.29, 0.717) is 5.75 Å². The Hall–Kier alpha value is -3.22. The molecule has 0 amide bonds. The maximum atomic E-state index is 13.3. The van der Waals surface area contributed by atoms with E-state index in [4.69, 9.17) is 14.2 Å². The number of aromatic nitrogens is 1. The van der Waals surface area contributed by atoms with Gasteiger partial charge in [0.1, 0.15) is 28.3 Å². The van der Waals surface area contributed by atoms with E-state index in [1.807, 2.05) is 60.0 Å². The Morgan fingerprint density at radius 1 is 1.00 bits per heavy atom. The van der Waals surface area contributed by atoms with E-state index in [-0.39, 0.29) is 11.5 Å². The maximum absolute atomic E-state index is 13.3. The lowest BCUT2D eigenvalue weighted by Gasteiger charge is -2.22. The van der Waals surface area contributed by atoms with Crippen molar-refractivity contribution < 1.29 is 27.4 Å². The summed E-state index contributed by atoms with van der Waals surface area (Å²) in [5.41, 5.74) is 2.67. The predicted molar refractivity (Wildman–Crippen MR) is 150 cm³/mol. The average Bonchev–Trinajstić information content (AvgIpc) is 3.59. The van der Waals surface area contributed by atoms with Crippen molar-refractivity contribution in [2.45, 2.75) is 34.1 Å². The number of carbonyl (C=O) groups is 1. The normalized spacial score (nSPS) is 19.1. The Balaban J connectivity index is 1.32. The van der Waals surface area contributed by atoms with Crippen molar-refractivity contribution in [3.05, 3.63) is 96.0 Å². The molecule has 1 aliphatic heterocycles. The van der Waals surface area contributed by atoms with Crippen LogP contribution in [0.5, 0.6) is 5.75 Å². The lowest BCUT2D eigenvalue weighted by Crippen LogP contribution is -2.47. The Morgan fingerprint density at radius 3 is 2.33 bits per heavy atom. The van der Waals surface area contributed by atoms with Crippen molar-refractivity contribution in [2.24, 2.45) is 0 Å². The molecular weight excluding hydrogens is 557 g/mol. The highest BCUT2D eigenvalue weighted by Gasteiger charge is 2.47. The van der Waals surface area contributed by atoms with Crippen molar-refractivity contribution in [1.82, 2.24) is 9.71 Å². The first-order chi connectivity index (χ1) is 18.9. The number of nitrogens with zero attached hydrogens (tertiary/aromatic N) is 1. The molecule has 3 atom stereocenters. The number of methoxy groups -OCH3 is 1. The fraction of sp³-hybridized carbons (Fsp3) is 0.214. The maximum Gasteiger partial charge on any atom is 0.327 e. The van der Waals surface area contributed by atoms with Crippen LogP contribution in [0.4, 0.5) is 0 Å². The molecule has 0 aliphatic carbocycles. The summed E-state index contributed by atoms with van der Waals surface area (Å²) in [7, 11) is -2.45. The minimum atomic E-state index is -4.05. The lowest BCUT2D eigenvalue weighted by molar-refractivity contribution is -0.142. The summed E-state index contributed by atoms with van der Waals surface area (Å²) in [5.74, 6) is 0.447. The van der Waals surface area contributed by atoms with Gasteiger partial charge in [0.05, 0.1) is 18.6 Å². The second kappa shape index (κ2) is 12.3. The van der Waals surface area contributed by atoms with Crippen molar-refractivity contribution in [3.8, 4) is 16.9 Å². The third kappa shape index (κ3) is 6.68. The number of nitrogens with one attached hydrogen (secondary N) is 1. The second-order valence-corrected chi connectivity index (χ2v) is 12.6. The molecule has 39 heavy (non-hydrogen) atoms. The Bertz CT molecular complexity index is 1480. The molecule has 1 aliphatic rings. The molecule has 5 rings (SSSR count). The number of esters is 1. The molecule has 1 fully saturated rings. The molecule has 1 N–H and O–H groups in total. The predicted octanol–water partition coefficient (Wildman–Crippen LogP) is 4.77. The highest BCUT2D eigenvalue weighted by molar-refractivity contribution is 8.01. The SMILES string of the molecule is COc1ccc(-c2ccc(S(=O)(=O)NC3C(=O)OC(CSc4nccs4)C3OCc3ccccc3)cc2)cc1. The molecule has 3 aromatic carbocycles. The molecular formula is C28H26N2O6S3. The van der Waals surface area contributed by atoms with Gasteiger partial charge in [0.25, 0.3) is 0 Å². The second-order valence-electron chi connectivity index (χ2n) is 8.70. The zero-order chi connectivity index (χ0) is 27.2. The van der Waals surface area contributed by atoms with Gasteiger partial charge in [-0.05, 0) is 41.0 Å². The number of benzene rings is 3. The third-order valence-corrected chi connectivity index (χ3v) is 9.66. The van der Waals surface area contributed by atoms with E-state index < -0.39 is 34.2 Å². The molecule has 0 radical (unpaired) electrons. The summed E-state index contributed by atoms with van der Waals surface area (Å²) in [6, 6.07) is 22.2. The van der Waals surface area contributed by atoms with Gasteiger partial charge in [-0.15, -0.1) is 11.3 Å². The monoisotopic (exact) mass is 582 g/mol. The van der Waals surface area contributed by atoms with Crippen LogP contribution in [0.15, 0.2) is 99.7 Å². The van der Waals surface area contributed by atoms with Crippen LogP contribution in [0.1, 0.15) is 5.56 Å². The summed E-state index contributed by atoms with van der Waals surface area (Å²) < 4.78 is 46.9. The van der Waals surface area contributed by atoms with E-state index in [1.54, 1.807) is 25.4 Å². The van der Waals surface area contributed by atoms with Crippen LogP contribution >= 0.6 is 23.1 Å². The Morgan fingerprint density at radius 2 is 1.69 bits per heavy atom. The molecule has 0 spiro atoms. The van der Waals surface area contributed by atoms with E-state index in [0.717, 1.165) is 26.8 Å². The van der Waals surface area contributed by atoms with Gasteiger partial charge in [-0.25, -0.2) is 13.4 Å². The number of cyclic esters (lactones) is 1. The van der Waals surface area contributed by atoms with Crippen molar-refractivity contribution >= 4 is 39.1 Å². The van der Waals surface area contributed by atoms with Crippen molar-refractivity contribution in [3.63, 3.8) is 0 Å². The quantitative estimate of drug-likeness (QED) is 0.199. The zero-order valence-electron chi connectivity index (χ0n) is 20.9. The molecule has 8 nitrogen and oxygen atoms in total. The molecule has 2 heterocycles. The van der Waals surface area contributed by atoms with Gasteiger partial charge >= 0.3 is 5.97 Å². The molecule has 3 unspecified atom stereocenters. The molecule has 0 bridgehead atoms. The van der Waals surface area contributed by atoms with Gasteiger partial charge in [0.2, 0.25) is 10.0 Å². The summed E-state index contributed by atoms with van der Waals surface area (Å²) in [5, 5.41) is 1.86. The summed E-state index contributed by atoms with van der Waals surface area (Å²) in [6.45, 7) is 0.204. The van der Waals surface area contributed by atoms with Gasteiger partial charge in [-0.2, -0.15) is 4.72 Å². The van der Waals surface area contributed by atoms with Crippen LogP contribution in [0.3, 0.4) is 0 Å². The number of rotatable bonds is 11. The average molecular weight is 583 g/mol. The van der Waals surface area contributed by atoms with Gasteiger partial charge in [0, 0.05) is 17.3 Å². The minimum absolute atomic E-state index is 0.0370. The van der Waals surface area contributed by atoms with Crippen LogP contribution in [0.2, 0.25) is 0 Å². The first-order valence-electron chi connectivity index (χ1n) is 12.1. The van der Waals surface area contributed by atoms with Crippen LogP contribution in [0.25, 0.3) is 11.1 Å². The summed E-state index contributed by atoms with van der Waals surface area (Å²) in [6.07, 6.45) is 0.229. The number of hydrogen-bond acceptors (Lipinski definition) is 9. The van der Waals surface area contributed by atoms with Crippen LogP contribution in [0, 0.1) is 0 Å². The molecule has 202 valence electrons. The van der Waals surface area contributed by atoms with E-state index in [2.05, 4.69) is 9.71 Å². The van der Waals surface area contributed by atoms with E-state index >= 15 is 0 Å². The van der Waals surface area contributed by atoms with E-state index in [9.17, 15) is 13.2 Å². The van der Waals surface area contributed by atoms with Gasteiger partial charge in [-0.3, -0.25) is 4.79 Å². The minimum Gasteiger partial charge on any atom is -0.497 e. The highest BCUT2D eigenvalue weighted by Crippen LogP contribution is 2.30. The fourth-order valence-corrected chi connectivity index (χ4v) is 7.03.